The van der Waals surface area contributed by atoms with Crippen LogP contribution in [0.25, 0.3) is 0 Å². The Morgan fingerprint density at radius 3 is 2.07 bits per heavy atom. The third kappa shape index (κ3) is 4.71. The molecule has 0 aliphatic heterocycles. The highest BCUT2D eigenvalue weighted by Crippen LogP contribution is 2.16. The lowest BCUT2D eigenvalue weighted by Gasteiger charge is -2.26. The quantitative estimate of drug-likeness (QED) is 0.486. The van der Waals surface area contributed by atoms with Gasteiger partial charge in [-0.2, -0.15) is 0 Å². The molecule has 1 atom stereocenters. The lowest BCUT2D eigenvalue weighted by molar-refractivity contribution is -0.145. The van der Waals surface area contributed by atoms with Gasteiger partial charge in [-0.3, -0.25) is 4.79 Å². The Bertz CT molecular complexity index is 189. The van der Waals surface area contributed by atoms with Gasteiger partial charge in [0.1, 0.15) is 6.10 Å². The maximum Gasteiger partial charge on any atom is 0.503 e. The minimum atomic E-state index is -2.68. The zero-order valence-electron chi connectivity index (χ0n) is 9.61. The van der Waals surface area contributed by atoms with E-state index in [0.29, 0.717) is 6.04 Å². The molecule has 0 saturated heterocycles. The van der Waals surface area contributed by atoms with Crippen molar-refractivity contribution in [2.75, 3.05) is 27.9 Å². The van der Waals surface area contributed by atoms with Gasteiger partial charge in [-0.25, -0.2) is 0 Å². The summed E-state index contributed by atoms with van der Waals surface area (Å²) in [4.78, 5) is 10.9. The molecule has 0 heterocycles. The van der Waals surface area contributed by atoms with Gasteiger partial charge in [0.25, 0.3) is 0 Å². The zero-order valence-corrected chi connectivity index (χ0v) is 10.6. The van der Waals surface area contributed by atoms with Crippen LogP contribution >= 0.6 is 0 Å². The molecular formula is C8H19NO5Si. The lowest BCUT2D eigenvalue weighted by Crippen LogP contribution is -2.46. The summed E-state index contributed by atoms with van der Waals surface area (Å²) in [6, 6.07) is 0.405. The molecule has 1 unspecified atom stereocenters. The van der Waals surface area contributed by atoms with Crippen LogP contribution in [-0.4, -0.2) is 48.8 Å². The fraction of sp³-hybridized carbons (Fsp3) is 0.875. The van der Waals surface area contributed by atoms with E-state index in [-0.39, 0.29) is 12.6 Å². The van der Waals surface area contributed by atoms with Crippen molar-refractivity contribution in [3.05, 3.63) is 0 Å². The fourth-order valence-corrected chi connectivity index (χ4v) is 2.95. The zero-order chi connectivity index (χ0) is 11.9. The van der Waals surface area contributed by atoms with Gasteiger partial charge >= 0.3 is 14.8 Å². The highest BCUT2D eigenvalue weighted by molar-refractivity contribution is 6.60. The summed E-state index contributed by atoms with van der Waals surface area (Å²) in [7, 11) is 1.85. The number of ether oxygens (including phenoxy) is 1. The Labute approximate surface area is 91.0 Å². The number of hydrogen-bond acceptors (Lipinski definition) is 6. The minimum absolute atomic E-state index is 0.133. The molecule has 2 N–H and O–H groups in total. The largest absolute Gasteiger partial charge is 0.503 e. The van der Waals surface area contributed by atoms with E-state index in [1.54, 1.807) is 6.92 Å². The van der Waals surface area contributed by atoms with Crippen LogP contribution in [0.2, 0.25) is 6.04 Å². The minimum Gasteiger partial charge on any atom is -0.462 e. The van der Waals surface area contributed by atoms with Crippen LogP contribution in [0.5, 0.6) is 0 Å². The molecular weight excluding hydrogens is 218 g/mol. The summed E-state index contributed by atoms with van der Waals surface area (Å²) in [5.74, 6) is -0.450. The first-order chi connectivity index (χ1) is 7.03. The van der Waals surface area contributed by atoms with E-state index in [4.69, 9.17) is 23.7 Å². The highest BCUT2D eigenvalue weighted by atomic mass is 28.4. The van der Waals surface area contributed by atoms with Crippen molar-refractivity contribution in [1.82, 2.24) is 0 Å². The van der Waals surface area contributed by atoms with Crippen LogP contribution < -0.4 is 5.73 Å². The summed E-state index contributed by atoms with van der Waals surface area (Å²) >= 11 is 0. The molecule has 0 spiro atoms. The Hall–Kier alpha value is -0.473. The molecule has 0 bridgehead atoms. The van der Waals surface area contributed by atoms with Crippen molar-refractivity contribution in [3.8, 4) is 0 Å². The molecule has 7 heteroatoms. The van der Waals surface area contributed by atoms with E-state index in [1.165, 1.54) is 21.3 Å². The third-order valence-corrected chi connectivity index (χ3v) is 4.91. The van der Waals surface area contributed by atoms with Gasteiger partial charge in [0.05, 0.1) is 12.6 Å². The molecule has 0 fully saturated rings. The molecule has 0 aromatic carbocycles. The smallest absolute Gasteiger partial charge is 0.462 e. The second-order valence-corrected chi connectivity index (χ2v) is 6.00. The molecule has 6 nitrogen and oxygen atoms in total. The SMILES string of the molecule is CO[Si](CC(C)OC(=O)CN)(OC)OC. The second kappa shape index (κ2) is 6.91. The van der Waals surface area contributed by atoms with Gasteiger partial charge < -0.3 is 23.7 Å². The summed E-state index contributed by atoms with van der Waals surface area (Å²) < 4.78 is 20.6. The normalized spacial score (nSPS) is 13.7. The Morgan fingerprint density at radius 2 is 1.73 bits per heavy atom. The average molecular weight is 237 g/mol. The molecule has 0 aromatic rings. The number of carbonyl (C=O) groups is 1. The lowest BCUT2D eigenvalue weighted by atomic mass is 10.5. The Morgan fingerprint density at radius 1 is 1.27 bits per heavy atom. The van der Waals surface area contributed by atoms with Gasteiger partial charge in [0.15, 0.2) is 0 Å². The third-order valence-electron chi connectivity index (χ3n) is 1.97. The van der Waals surface area contributed by atoms with Gasteiger partial charge in [0.2, 0.25) is 0 Å². The van der Waals surface area contributed by atoms with Crippen LogP contribution in [0.15, 0.2) is 0 Å². The van der Waals surface area contributed by atoms with Crippen molar-refractivity contribution in [2.45, 2.75) is 19.1 Å². The molecule has 0 aromatic heterocycles. The first kappa shape index (κ1) is 14.5. The molecule has 0 amide bonds. The van der Waals surface area contributed by atoms with Gasteiger partial charge in [-0.05, 0) is 6.92 Å². The van der Waals surface area contributed by atoms with Crippen LogP contribution in [0, 0.1) is 0 Å². The molecule has 0 saturated carbocycles. The molecule has 0 rings (SSSR count). The van der Waals surface area contributed by atoms with Gasteiger partial charge in [-0.1, -0.05) is 0 Å². The van der Waals surface area contributed by atoms with E-state index in [2.05, 4.69) is 0 Å². The first-order valence-electron chi connectivity index (χ1n) is 4.58. The van der Waals surface area contributed by atoms with E-state index in [0.717, 1.165) is 0 Å². The van der Waals surface area contributed by atoms with Crippen LogP contribution in [0.3, 0.4) is 0 Å². The first-order valence-corrected chi connectivity index (χ1v) is 6.51. The van der Waals surface area contributed by atoms with E-state index in [9.17, 15) is 4.79 Å². The van der Waals surface area contributed by atoms with Gasteiger partial charge in [0, 0.05) is 21.3 Å². The highest BCUT2D eigenvalue weighted by Gasteiger charge is 2.40. The standard InChI is InChI=1S/C8H19NO5Si/c1-7(14-8(10)5-9)6-15(11-2,12-3)13-4/h7H,5-6,9H2,1-4H3. The predicted molar refractivity (Wildman–Crippen MR) is 56.2 cm³/mol. The van der Waals surface area contributed by atoms with Crippen molar-refractivity contribution in [1.29, 1.82) is 0 Å². The Balaban J connectivity index is 4.22. The molecule has 0 aliphatic rings. The number of nitrogens with two attached hydrogens (primary N) is 1. The average Bonchev–Trinajstić information content (AvgIpc) is 2.26. The van der Waals surface area contributed by atoms with Gasteiger partial charge in [-0.15, -0.1) is 0 Å². The summed E-state index contributed by atoms with van der Waals surface area (Å²) in [5, 5.41) is 0. The number of carbonyl (C=O) groups excluding carboxylic acids is 1. The topological polar surface area (TPSA) is 80.0 Å². The fourth-order valence-electron chi connectivity index (χ4n) is 1.17. The Kier molecular flexibility index (Phi) is 6.69. The van der Waals surface area contributed by atoms with Crippen LogP contribution in [0.1, 0.15) is 6.92 Å². The van der Waals surface area contributed by atoms with E-state index in [1.807, 2.05) is 0 Å². The molecule has 90 valence electrons. The van der Waals surface area contributed by atoms with Crippen molar-refractivity contribution in [2.24, 2.45) is 5.73 Å². The predicted octanol–water partition coefficient (Wildman–Crippen LogP) is -0.245. The number of esters is 1. The number of rotatable bonds is 7. The summed E-state index contributed by atoms with van der Waals surface area (Å²) in [6.45, 7) is 1.61. The van der Waals surface area contributed by atoms with Crippen molar-refractivity contribution >= 4 is 14.8 Å². The maximum absolute atomic E-state index is 10.9. The molecule has 0 radical (unpaired) electrons. The molecule has 0 aliphatic carbocycles. The monoisotopic (exact) mass is 237 g/mol. The summed E-state index contributed by atoms with van der Waals surface area (Å²) in [6.07, 6.45) is -0.340. The number of hydrogen-bond donors (Lipinski definition) is 1. The second-order valence-electron chi connectivity index (χ2n) is 3.00. The maximum atomic E-state index is 10.9. The van der Waals surface area contributed by atoms with E-state index >= 15 is 0 Å². The van der Waals surface area contributed by atoms with Crippen molar-refractivity contribution in [3.63, 3.8) is 0 Å². The molecule has 15 heavy (non-hydrogen) atoms. The van der Waals surface area contributed by atoms with Crippen LogP contribution in [0.4, 0.5) is 0 Å². The van der Waals surface area contributed by atoms with E-state index < -0.39 is 14.8 Å². The van der Waals surface area contributed by atoms with Crippen molar-refractivity contribution < 1.29 is 22.8 Å². The van der Waals surface area contributed by atoms with Crippen LogP contribution in [-0.2, 0) is 22.8 Å². The summed E-state index contributed by atoms with van der Waals surface area (Å²) in [5.41, 5.74) is 5.12.